The molecule has 0 saturated carbocycles. The van der Waals surface area contributed by atoms with Crippen LogP contribution in [0.4, 0.5) is 0 Å². The summed E-state index contributed by atoms with van der Waals surface area (Å²) in [4.78, 5) is 11.0. The molecule has 1 aromatic carbocycles. The van der Waals surface area contributed by atoms with Gasteiger partial charge >= 0.3 is 0 Å². The van der Waals surface area contributed by atoms with Crippen LogP contribution in [0.2, 0.25) is 5.02 Å². The predicted octanol–water partition coefficient (Wildman–Crippen LogP) is 5.87. The van der Waals surface area contributed by atoms with Crippen molar-refractivity contribution >= 4 is 28.9 Å². The van der Waals surface area contributed by atoms with Crippen LogP contribution in [0.25, 0.3) is 11.3 Å². The number of furan rings is 1. The summed E-state index contributed by atoms with van der Waals surface area (Å²) in [6, 6.07) is 19.4. The number of aromatic nitrogens is 2. The lowest BCUT2D eigenvalue weighted by Gasteiger charge is -2.26. The monoisotopic (exact) mass is 460 g/mol. The second kappa shape index (κ2) is 8.73. The summed E-state index contributed by atoms with van der Waals surface area (Å²) >= 11 is 12.0. The van der Waals surface area contributed by atoms with Gasteiger partial charge < -0.3 is 14.6 Å². The Morgan fingerprint density at radius 1 is 1.09 bits per heavy atom. The Balaban J connectivity index is 1.56. The van der Waals surface area contributed by atoms with Crippen molar-refractivity contribution in [1.82, 2.24) is 20.2 Å². The van der Waals surface area contributed by atoms with E-state index in [9.17, 15) is 0 Å². The van der Waals surface area contributed by atoms with Gasteiger partial charge in [-0.1, -0.05) is 29.8 Å². The fourth-order valence-electron chi connectivity index (χ4n) is 4.09. The number of benzene rings is 1. The molecular weight excluding hydrogens is 440 g/mol. The summed E-state index contributed by atoms with van der Waals surface area (Å²) in [5.74, 6) is 1.59. The van der Waals surface area contributed by atoms with E-state index in [2.05, 4.69) is 20.2 Å². The van der Waals surface area contributed by atoms with Crippen LogP contribution in [0, 0.1) is 6.92 Å². The standard InChI is InChI=1S/C25H21ClN4OS/c1-16-7-8-18(26)13-19(16)21-9-10-22(31-21)24-23(20-6-2-3-12-28-20)29-25(32)30(24)15-17-5-4-11-27-14-17/h2-14,23-24H,15H2,1H3,(H,29,32)/t23-,24+/m0/s1. The van der Waals surface area contributed by atoms with Crippen LogP contribution < -0.4 is 5.32 Å². The maximum absolute atomic E-state index is 6.41. The van der Waals surface area contributed by atoms with Crippen molar-refractivity contribution in [3.05, 3.63) is 107 Å². The summed E-state index contributed by atoms with van der Waals surface area (Å²) in [6.07, 6.45) is 5.42. The molecular formula is C25H21ClN4OS. The number of nitrogens with zero attached hydrogens (tertiary/aromatic N) is 3. The number of hydrogen-bond donors (Lipinski definition) is 1. The van der Waals surface area contributed by atoms with E-state index in [1.54, 1.807) is 12.4 Å². The molecule has 5 rings (SSSR count). The Hall–Kier alpha value is -3.22. The molecule has 4 heterocycles. The number of thiocarbonyl (C=S) groups is 1. The van der Waals surface area contributed by atoms with Gasteiger partial charge in [0.05, 0.1) is 11.7 Å². The van der Waals surface area contributed by atoms with E-state index in [1.165, 1.54) is 0 Å². The van der Waals surface area contributed by atoms with Crippen LogP contribution in [0.1, 0.15) is 34.7 Å². The Kier molecular flexibility index (Phi) is 5.64. The van der Waals surface area contributed by atoms with Crippen LogP contribution in [-0.4, -0.2) is 20.0 Å². The van der Waals surface area contributed by atoms with Crippen molar-refractivity contribution in [3.8, 4) is 11.3 Å². The van der Waals surface area contributed by atoms with E-state index < -0.39 is 0 Å². The Labute approximate surface area is 197 Å². The van der Waals surface area contributed by atoms with Gasteiger partial charge in [-0.25, -0.2) is 0 Å². The molecule has 3 aromatic heterocycles. The molecule has 1 N–H and O–H groups in total. The topological polar surface area (TPSA) is 54.2 Å². The first kappa shape index (κ1) is 20.7. The minimum Gasteiger partial charge on any atom is -0.459 e. The minimum atomic E-state index is -0.161. The predicted molar refractivity (Wildman–Crippen MR) is 129 cm³/mol. The van der Waals surface area contributed by atoms with Gasteiger partial charge in [0.25, 0.3) is 0 Å². The number of nitrogens with one attached hydrogen (secondary N) is 1. The molecule has 5 nitrogen and oxygen atoms in total. The summed E-state index contributed by atoms with van der Waals surface area (Å²) < 4.78 is 6.41. The van der Waals surface area contributed by atoms with Crippen LogP contribution in [0.3, 0.4) is 0 Å². The Morgan fingerprint density at radius 3 is 2.78 bits per heavy atom. The zero-order valence-corrected chi connectivity index (χ0v) is 19.0. The molecule has 4 aromatic rings. The van der Waals surface area contributed by atoms with Crippen molar-refractivity contribution in [3.63, 3.8) is 0 Å². The Bertz CT molecular complexity index is 1250. The lowest BCUT2D eigenvalue weighted by atomic mass is 10.0. The van der Waals surface area contributed by atoms with Crippen molar-refractivity contribution in [2.45, 2.75) is 25.6 Å². The number of pyridine rings is 2. The number of aryl methyl sites for hydroxylation is 1. The van der Waals surface area contributed by atoms with Crippen molar-refractivity contribution in [2.75, 3.05) is 0 Å². The molecule has 32 heavy (non-hydrogen) atoms. The molecule has 0 unspecified atom stereocenters. The summed E-state index contributed by atoms with van der Waals surface area (Å²) in [6.45, 7) is 2.66. The third-order valence-corrected chi connectivity index (χ3v) is 6.24. The van der Waals surface area contributed by atoms with Gasteiger partial charge in [-0.15, -0.1) is 0 Å². The number of halogens is 1. The highest BCUT2D eigenvalue weighted by atomic mass is 35.5. The maximum atomic E-state index is 6.41. The largest absolute Gasteiger partial charge is 0.459 e. The lowest BCUT2D eigenvalue weighted by Crippen LogP contribution is -2.29. The van der Waals surface area contributed by atoms with E-state index in [0.717, 1.165) is 33.9 Å². The lowest BCUT2D eigenvalue weighted by molar-refractivity contribution is 0.269. The van der Waals surface area contributed by atoms with Crippen LogP contribution in [0.15, 0.2) is 83.7 Å². The SMILES string of the molecule is Cc1ccc(Cl)cc1-c1ccc([C@@H]2[C@H](c3ccccn3)NC(=S)N2Cc2cccnc2)o1. The first-order valence-electron chi connectivity index (χ1n) is 10.3. The molecule has 0 bridgehead atoms. The van der Waals surface area contributed by atoms with Gasteiger partial charge in [-0.05, 0) is 72.7 Å². The zero-order chi connectivity index (χ0) is 22.1. The fourth-order valence-corrected chi connectivity index (χ4v) is 4.57. The third kappa shape index (κ3) is 3.99. The molecule has 0 amide bonds. The van der Waals surface area contributed by atoms with Crippen LogP contribution >= 0.6 is 23.8 Å². The van der Waals surface area contributed by atoms with Crippen LogP contribution in [0.5, 0.6) is 0 Å². The molecule has 7 heteroatoms. The number of hydrogen-bond acceptors (Lipinski definition) is 4. The maximum Gasteiger partial charge on any atom is 0.170 e. The van der Waals surface area contributed by atoms with E-state index in [1.807, 2.05) is 73.8 Å². The summed E-state index contributed by atoms with van der Waals surface area (Å²) in [5, 5.41) is 4.79. The zero-order valence-electron chi connectivity index (χ0n) is 17.4. The van der Waals surface area contributed by atoms with E-state index in [0.29, 0.717) is 16.7 Å². The van der Waals surface area contributed by atoms with E-state index in [4.69, 9.17) is 28.2 Å². The highest BCUT2D eigenvalue weighted by Gasteiger charge is 2.41. The average Bonchev–Trinajstić information content (AvgIpc) is 3.42. The molecule has 1 aliphatic rings. The van der Waals surface area contributed by atoms with Gasteiger partial charge in [0.1, 0.15) is 17.6 Å². The quantitative estimate of drug-likeness (QED) is 0.376. The summed E-state index contributed by atoms with van der Waals surface area (Å²) in [7, 11) is 0. The minimum absolute atomic E-state index is 0.139. The van der Waals surface area contributed by atoms with E-state index in [-0.39, 0.29) is 12.1 Å². The Morgan fingerprint density at radius 2 is 2.00 bits per heavy atom. The molecule has 0 radical (unpaired) electrons. The van der Waals surface area contributed by atoms with Crippen LogP contribution in [-0.2, 0) is 6.54 Å². The van der Waals surface area contributed by atoms with Crippen molar-refractivity contribution < 1.29 is 4.42 Å². The summed E-state index contributed by atoms with van der Waals surface area (Å²) in [5.41, 5.74) is 4.06. The highest BCUT2D eigenvalue weighted by molar-refractivity contribution is 7.80. The van der Waals surface area contributed by atoms with Gasteiger partial charge in [0, 0.05) is 35.7 Å². The fraction of sp³-hybridized carbons (Fsp3) is 0.160. The van der Waals surface area contributed by atoms with Gasteiger partial charge in [-0.2, -0.15) is 0 Å². The molecule has 160 valence electrons. The van der Waals surface area contributed by atoms with Gasteiger partial charge in [0.2, 0.25) is 0 Å². The average molecular weight is 461 g/mol. The van der Waals surface area contributed by atoms with Crippen molar-refractivity contribution in [2.24, 2.45) is 0 Å². The third-order valence-electron chi connectivity index (χ3n) is 5.66. The molecule has 1 aliphatic heterocycles. The molecule has 1 saturated heterocycles. The second-order valence-corrected chi connectivity index (χ2v) is 8.60. The van der Waals surface area contributed by atoms with Gasteiger partial charge in [-0.3, -0.25) is 9.97 Å². The second-order valence-electron chi connectivity index (χ2n) is 7.78. The van der Waals surface area contributed by atoms with E-state index >= 15 is 0 Å². The molecule has 0 spiro atoms. The first-order chi connectivity index (χ1) is 15.6. The highest BCUT2D eigenvalue weighted by Crippen LogP contribution is 2.41. The molecule has 2 atom stereocenters. The smallest absolute Gasteiger partial charge is 0.170 e. The van der Waals surface area contributed by atoms with Gasteiger partial charge in [0.15, 0.2) is 5.11 Å². The number of rotatable bonds is 5. The van der Waals surface area contributed by atoms with Crippen molar-refractivity contribution in [1.29, 1.82) is 0 Å². The first-order valence-corrected chi connectivity index (χ1v) is 11.1. The normalized spacial score (nSPS) is 18.1. The molecule has 1 fully saturated rings. The molecule has 0 aliphatic carbocycles.